The molecular formula is C10H17N5O2. The van der Waals surface area contributed by atoms with Gasteiger partial charge in [0.1, 0.15) is 0 Å². The number of rotatable bonds is 6. The lowest BCUT2D eigenvalue weighted by molar-refractivity contribution is 0.0923. The summed E-state index contributed by atoms with van der Waals surface area (Å²) in [6, 6.07) is 3.17. The zero-order valence-electron chi connectivity index (χ0n) is 9.93. The Morgan fingerprint density at radius 2 is 2.29 bits per heavy atom. The van der Waals surface area contributed by atoms with E-state index in [9.17, 15) is 4.79 Å². The van der Waals surface area contributed by atoms with Crippen molar-refractivity contribution in [1.82, 2.24) is 15.5 Å². The van der Waals surface area contributed by atoms with E-state index >= 15 is 0 Å². The van der Waals surface area contributed by atoms with Crippen LogP contribution in [0.25, 0.3) is 0 Å². The maximum absolute atomic E-state index is 11.7. The van der Waals surface area contributed by atoms with Crippen molar-refractivity contribution in [2.24, 2.45) is 5.84 Å². The van der Waals surface area contributed by atoms with Gasteiger partial charge in [-0.1, -0.05) is 0 Å². The van der Waals surface area contributed by atoms with Crippen molar-refractivity contribution >= 4 is 11.7 Å². The van der Waals surface area contributed by atoms with Gasteiger partial charge in [-0.15, -0.1) is 10.2 Å². The maximum Gasteiger partial charge on any atom is 0.272 e. The largest absolute Gasteiger partial charge is 0.385 e. The molecule has 0 aliphatic rings. The molecule has 94 valence electrons. The predicted octanol–water partition coefficient (Wildman–Crippen LogP) is -0.0830. The first kappa shape index (κ1) is 13.3. The maximum atomic E-state index is 11.7. The minimum Gasteiger partial charge on any atom is -0.385 e. The lowest BCUT2D eigenvalue weighted by Crippen LogP contribution is -2.34. The first-order valence-corrected chi connectivity index (χ1v) is 5.27. The molecule has 0 fully saturated rings. The van der Waals surface area contributed by atoms with Crippen molar-refractivity contribution in [3.63, 3.8) is 0 Å². The predicted molar refractivity (Wildman–Crippen MR) is 63.3 cm³/mol. The smallest absolute Gasteiger partial charge is 0.272 e. The molecule has 1 unspecified atom stereocenters. The van der Waals surface area contributed by atoms with Crippen molar-refractivity contribution in [3.05, 3.63) is 17.8 Å². The highest BCUT2D eigenvalue weighted by atomic mass is 16.5. The number of amides is 1. The van der Waals surface area contributed by atoms with E-state index < -0.39 is 0 Å². The third-order valence-electron chi connectivity index (χ3n) is 2.18. The molecule has 1 heterocycles. The van der Waals surface area contributed by atoms with E-state index in [1.165, 1.54) is 0 Å². The summed E-state index contributed by atoms with van der Waals surface area (Å²) < 4.78 is 4.93. The first-order chi connectivity index (χ1) is 8.17. The van der Waals surface area contributed by atoms with Crippen molar-refractivity contribution in [1.29, 1.82) is 0 Å². The molecule has 4 N–H and O–H groups in total. The number of carbonyl (C=O) groups excluding carboxylic acids is 1. The van der Waals surface area contributed by atoms with Gasteiger partial charge < -0.3 is 15.5 Å². The van der Waals surface area contributed by atoms with Crippen LogP contribution in [-0.4, -0.2) is 35.9 Å². The van der Waals surface area contributed by atoms with E-state index in [1.807, 2.05) is 6.92 Å². The second-order valence-electron chi connectivity index (χ2n) is 3.60. The number of aromatic nitrogens is 2. The molecule has 1 aromatic heterocycles. The van der Waals surface area contributed by atoms with Crippen LogP contribution in [0.3, 0.4) is 0 Å². The number of nitrogen functional groups attached to an aromatic ring is 1. The quantitative estimate of drug-likeness (QED) is 0.474. The summed E-state index contributed by atoms with van der Waals surface area (Å²) in [5.74, 6) is 5.30. The van der Waals surface area contributed by atoms with Gasteiger partial charge in [-0.3, -0.25) is 4.79 Å². The van der Waals surface area contributed by atoms with Crippen molar-refractivity contribution in [2.75, 3.05) is 19.1 Å². The van der Waals surface area contributed by atoms with Crippen molar-refractivity contribution in [3.8, 4) is 0 Å². The van der Waals surface area contributed by atoms with Crippen LogP contribution in [0.2, 0.25) is 0 Å². The average molecular weight is 239 g/mol. The van der Waals surface area contributed by atoms with Crippen molar-refractivity contribution < 1.29 is 9.53 Å². The van der Waals surface area contributed by atoms with Gasteiger partial charge in [0, 0.05) is 19.8 Å². The van der Waals surface area contributed by atoms with Crippen LogP contribution in [0.15, 0.2) is 12.1 Å². The number of nitrogens with two attached hydrogens (primary N) is 1. The van der Waals surface area contributed by atoms with E-state index in [0.29, 0.717) is 12.4 Å². The minimum absolute atomic E-state index is 0.0246. The number of hydrogen-bond donors (Lipinski definition) is 3. The van der Waals surface area contributed by atoms with E-state index in [-0.39, 0.29) is 17.6 Å². The molecule has 0 saturated heterocycles. The number of carbonyl (C=O) groups is 1. The normalized spacial score (nSPS) is 11.9. The third kappa shape index (κ3) is 4.33. The Labute approximate surface area is 99.7 Å². The Kier molecular flexibility index (Phi) is 5.31. The molecule has 7 heteroatoms. The number of nitrogens with one attached hydrogen (secondary N) is 2. The highest BCUT2D eigenvalue weighted by molar-refractivity contribution is 5.92. The number of nitrogens with zero attached hydrogens (tertiary/aromatic N) is 2. The monoisotopic (exact) mass is 239 g/mol. The molecule has 0 bridgehead atoms. The second-order valence-corrected chi connectivity index (χ2v) is 3.60. The molecule has 0 aliphatic carbocycles. The van der Waals surface area contributed by atoms with Crippen LogP contribution in [-0.2, 0) is 4.74 Å². The molecule has 0 radical (unpaired) electrons. The molecule has 1 rings (SSSR count). The fourth-order valence-electron chi connectivity index (χ4n) is 1.19. The zero-order valence-corrected chi connectivity index (χ0v) is 9.93. The van der Waals surface area contributed by atoms with Crippen LogP contribution in [0.4, 0.5) is 5.82 Å². The van der Waals surface area contributed by atoms with Crippen LogP contribution in [0, 0.1) is 0 Å². The fraction of sp³-hybridized carbons (Fsp3) is 0.500. The number of hydrogen-bond acceptors (Lipinski definition) is 6. The van der Waals surface area contributed by atoms with Gasteiger partial charge in [0.2, 0.25) is 0 Å². The summed E-state index contributed by atoms with van der Waals surface area (Å²) in [6.45, 7) is 2.50. The van der Waals surface area contributed by atoms with E-state index in [4.69, 9.17) is 10.6 Å². The number of anilines is 1. The van der Waals surface area contributed by atoms with E-state index in [2.05, 4.69) is 20.9 Å². The molecule has 17 heavy (non-hydrogen) atoms. The highest BCUT2D eigenvalue weighted by Gasteiger charge is 2.11. The summed E-state index contributed by atoms with van der Waals surface area (Å²) >= 11 is 0. The third-order valence-corrected chi connectivity index (χ3v) is 2.18. The lowest BCUT2D eigenvalue weighted by atomic mass is 10.2. The van der Waals surface area contributed by atoms with Gasteiger partial charge in [-0.25, -0.2) is 5.84 Å². The van der Waals surface area contributed by atoms with Crippen LogP contribution in [0.5, 0.6) is 0 Å². The Morgan fingerprint density at radius 1 is 1.53 bits per heavy atom. The standard InChI is InChI=1S/C10H17N5O2/c1-7(5-6-17-2)12-10(16)8-3-4-9(13-11)15-14-8/h3-4,7H,5-6,11H2,1-2H3,(H,12,16)(H,13,15). The van der Waals surface area contributed by atoms with Crippen LogP contribution < -0.4 is 16.6 Å². The zero-order chi connectivity index (χ0) is 12.7. The Morgan fingerprint density at radius 3 is 2.82 bits per heavy atom. The summed E-state index contributed by atoms with van der Waals surface area (Å²) in [7, 11) is 1.62. The highest BCUT2D eigenvalue weighted by Crippen LogP contribution is 2.01. The molecule has 1 amide bonds. The number of hydrazine groups is 1. The number of ether oxygens (including phenoxy) is 1. The average Bonchev–Trinajstić information content (AvgIpc) is 2.36. The molecular weight excluding hydrogens is 222 g/mol. The molecule has 0 spiro atoms. The molecule has 0 saturated carbocycles. The number of methoxy groups -OCH3 is 1. The van der Waals surface area contributed by atoms with Gasteiger partial charge in [0.15, 0.2) is 11.5 Å². The summed E-state index contributed by atoms with van der Waals surface area (Å²) in [4.78, 5) is 11.7. The summed E-state index contributed by atoms with van der Waals surface area (Å²) in [5.41, 5.74) is 2.60. The van der Waals surface area contributed by atoms with Gasteiger partial charge in [-0.2, -0.15) is 0 Å². The fourth-order valence-corrected chi connectivity index (χ4v) is 1.19. The van der Waals surface area contributed by atoms with Gasteiger partial charge in [0.05, 0.1) is 0 Å². The molecule has 1 atom stereocenters. The van der Waals surface area contributed by atoms with E-state index in [0.717, 1.165) is 6.42 Å². The Hall–Kier alpha value is -1.73. The Balaban J connectivity index is 2.51. The van der Waals surface area contributed by atoms with E-state index in [1.54, 1.807) is 19.2 Å². The van der Waals surface area contributed by atoms with Gasteiger partial charge >= 0.3 is 0 Å². The summed E-state index contributed by atoms with van der Waals surface area (Å²) in [6.07, 6.45) is 0.748. The molecule has 0 aliphatic heterocycles. The minimum atomic E-state index is -0.260. The lowest BCUT2D eigenvalue weighted by Gasteiger charge is -2.12. The first-order valence-electron chi connectivity index (χ1n) is 5.27. The van der Waals surface area contributed by atoms with Crippen LogP contribution >= 0.6 is 0 Å². The molecule has 7 nitrogen and oxygen atoms in total. The van der Waals surface area contributed by atoms with Gasteiger partial charge in [0.25, 0.3) is 5.91 Å². The second kappa shape index (κ2) is 6.77. The van der Waals surface area contributed by atoms with Gasteiger partial charge in [-0.05, 0) is 25.5 Å². The molecule has 0 aromatic carbocycles. The Bertz CT molecular complexity index is 354. The topological polar surface area (TPSA) is 102 Å². The van der Waals surface area contributed by atoms with Crippen LogP contribution in [0.1, 0.15) is 23.8 Å². The SMILES string of the molecule is COCCC(C)NC(=O)c1ccc(NN)nn1. The summed E-state index contributed by atoms with van der Waals surface area (Å²) in [5, 5.41) is 10.3. The molecule has 1 aromatic rings. The van der Waals surface area contributed by atoms with Crippen molar-refractivity contribution in [2.45, 2.75) is 19.4 Å².